The number of amides is 1. The third-order valence-corrected chi connectivity index (χ3v) is 1.35. The normalized spacial score (nSPS) is 8.86. The van der Waals surface area contributed by atoms with E-state index >= 15 is 0 Å². The van der Waals surface area contributed by atoms with Crippen LogP contribution in [0.2, 0.25) is 0 Å². The standard InChI is InChI=1S/C6H14N2O.C4H10O/c1-2-5-8-6(9)3-4-7;1-3-5-4-2/h2-5,7H2,1H3,(H,8,9);3-4H2,1-2H3. The molecule has 1 amide bonds. The maximum atomic E-state index is 10.6. The van der Waals surface area contributed by atoms with Crippen molar-refractivity contribution >= 4 is 5.91 Å². The molecule has 0 aliphatic rings. The van der Waals surface area contributed by atoms with Gasteiger partial charge in [-0.05, 0) is 20.3 Å². The number of carbonyl (C=O) groups excluding carboxylic acids is 1. The van der Waals surface area contributed by atoms with Gasteiger partial charge in [0.15, 0.2) is 0 Å². The highest BCUT2D eigenvalue weighted by molar-refractivity contribution is 5.75. The highest BCUT2D eigenvalue weighted by atomic mass is 16.5. The molecular formula is C10H24N2O2. The molecule has 0 saturated heterocycles. The number of rotatable bonds is 6. The van der Waals surface area contributed by atoms with Crippen LogP contribution in [0.1, 0.15) is 33.6 Å². The van der Waals surface area contributed by atoms with E-state index in [9.17, 15) is 4.79 Å². The van der Waals surface area contributed by atoms with Crippen molar-refractivity contribution in [2.24, 2.45) is 5.73 Å². The van der Waals surface area contributed by atoms with Crippen LogP contribution in [0.25, 0.3) is 0 Å². The predicted octanol–water partition coefficient (Wildman–Crippen LogP) is 0.904. The molecule has 0 fully saturated rings. The van der Waals surface area contributed by atoms with Gasteiger partial charge in [0.05, 0.1) is 0 Å². The number of carbonyl (C=O) groups is 1. The lowest BCUT2D eigenvalue weighted by atomic mass is 10.4. The fraction of sp³-hybridized carbons (Fsp3) is 0.900. The number of nitrogens with one attached hydrogen (secondary N) is 1. The van der Waals surface area contributed by atoms with Crippen LogP contribution in [0, 0.1) is 0 Å². The van der Waals surface area contributed by atoms with Crippen LogP contribution in [0.5, 0.6) is 0 Å². The third kappa shape index (κ3) is 17.5. The Kier molecular flexibility index (Phi) is 16.9. The van der Waals surface area contributed by atoms with Crippen molar-refractivity contribution < 1.29 is 9.53 Å². The van der Waals surface area contributed by atoms with Crippen molar-refractivity contribution in [3.63, 3.8) is 0 Å². The van der Waals surface area contributed by atoms with Crippen molar-refractivity contribution in [3.8, 4) is 0 Å². The Labute approximate surface area is 87.2 Å². The largest absolute Gasteiger partial charge is 0.382 e. The first-order valence-corrected chi connectivity index (χ1v) is 5.27. The molecule has 4 nitrogen and oxygen atoms in total. The Bertz CT molecular complexity index is 117. The lowest BCUT2D eigenvalue weighted by Crippen LogP contribution is -2.25. The highest BCUT2D eigenvalue weighted by Crippen LogP contribution is 1.75. The lowest BCUT2D eigenvalue weighted by Gasteiger charge is -1.99. The molecule has 0 aromatic rings. The molecule has 86 valence electrons. The van der Waals surface area contributed by atoms with Crippen molar-refractivity contribution in [1.82, 2.24) is 5.32 Å². The van der Waals surface area contributed by atoms with E-state index in [0.717, 1.165) is 26.2 Å². The molecule has 0 heterocycles. The van der Waals surface area contributed by atoms with E-state index < -0.39 is 0 Å². The quantitative estimate of drug-likeness (QED) is 0.675. The first-order chi connectivity index (χ1) is 6.72. The predicted molar refractivity (Wildman–Crippen MR) is 59.1 cm³/mol. The summed E-state index contributed by atoms with van der Waals surface area (Å²) in [6, 6.07) is 0. The molecule has 0 radical (unpaired) electrons. The highest BCUT2D eigenvalue weighted by Gasteiger charge is 1.94. The van der Waals surface area contributed by atoms with Crippen LogP contribution in [0.3, 0.4) is 0 Å². The summed E-state index contributed by atoms with van der Waals surface area (Å²) in [6.45, 7) is 8.89. The Morgan fingerprint density at radius 2 is 1.86 bits per heavy atom. The monoisotopic (exact) mass is 204 g/mol. The molecule has 0 saturated carbocycles. The van der Waals surface area contributed by atoms with E-state index in [1.54, 1.807) is 0 Å². The second-order valence-corrected chi connectivity index (χ2v) is 2.67. The Morgan fingerprint density at radius 1 is 1.29 bits per heavy atom. The van der Waals surface area contributed by atoms with Crippen molar-refractivity contribution in [2.75, 3.05) is 26.3 Å². The van der Waals surface area contributed by atoms with E-state index in [1.165, 1.54) is 0 Å². The molecule has 0 aliphatic carbocycles. The average molecular weight is 204 g/mol. The van der Waals surface area contributed by atoms with E-state index in [0.29, 0.717) is 13.0 Å². The topological polar surface area (TPSA) is 64.4 Å². The fourth-order valence-electron chi connectivity index (χ4n) is 0.688. The van der Waals surface area contributed by atoms with E-state index in [2.05, 4.69) is 5.32 Å². The van der Waals surface area contributed by atoms with Gasteiger partial charge in [-0.3, -0.25) is 4.79 Å². The zero-order chi connectivity index (χ0) is 11.2. The summed E-state index contributed by atoms with van der Waals surface area (Å²) in [5.41, 5.74) is 5.14. The summed E-state index contributed by atoms with van der Waals surface area (Å²) >= 11 is 0. The number of nitrogens with two attached hydrogens (primary N) is 1. The van der Waals surface area contributed by atoms with Gasteiger partial charge in [0, 0.05) is 32.7 Å². The number of ether oxygens (including phenoxy) is 1. The number of hydrogen-bond acceptors (Lipinski definition) is 3. The van der Waals surface area contributed by atoms with E-state index in [4.69, 9.17) is 10.5 Å². The van der Waals surface area contributed by atoms with Gasteiger partial charge >= 0.3 is 0 Å². The molecule has 0 aromatic heterocycles. The molecule has 0 atom stereocenters. The van der Waals surface area contributed by atoms with Gasteiger partial charge in [-0.15, -0.1) is 0 Å². The summed E-state index contributed by atoms with van der Waals surface area (Å²) in [4.78, 5) is 10.6. The minimum absolute atomic E-state index is 0.0550. The third-order valence-electron chi connectivity index (χ3n) is 1.35. The average Bonchev–Trinajstić information content (AvgIpc) is 2.17. The molecular weight excluding hydrogens is 180 g/mol. The van der Waals surface area contributed by atoms with Gasteiger partial charge in [-0.1, -0.05) is 6.92 Å². The Morgan fingerprint density at radius 3 is 2.14 bits per heavy atom. The van der Waals surface area contributed by atoms with Crippen LogP contribution in [-0.2, 0) is 9.53 Å². The number of hydrogen-bond donors (Lipinski definition) is 2. The summed E-state index contributed by atoms with van der Waals surface area (Å²) in [5, 5.41) is 2.71. The van der Waals surface area contributed by atoms with Crippen LogP contribution in [0.4, 0.5) is 0 Å². The molecule has 4 heteroatoms. The Hall–Kier alpha value is -0.610. The minimum atomic E-state index is 0.0550. The van der Waals surface area contributed by atoms with Gasteiger partial charge in [-0.25, -0.2) is 0 Å². The zero-order valence-corrected chi connectivity index (χ0v) is 9.64. The first kappa shape index (κ1) is 15.8. The summed E-state index contributed by atoms with van der Waals surface area (Å²) in [5.74, 6) is 0.0550. The Balaban J connectivity index is 0. The zero-order valence-electron chi connectivity index (χ0n) is 9.64. The van der Waals surface area contributed by atoms with E-state index in [-0.39, 0.29) is 5.91 Å². The smallest absolute Gasteiger partial charge is 0.221 e. The van der Waals surface area contributed by atoms with Gasteiger partial charge in [0.1, 0.15) is 0 Å². The molecule has 3 N–H and O–H groups in total. The minimum Gasteiger partial charge on any atom is -0.382 e. The summed E-state index contributed by atoms with van der Waals surface area (Å²) in [7, 11) is 0. The molecule has 0 spiro atoms. The maximum absolute atomic E-state index is 10.6. The summed E-state index contributed by atoms with van der Waals surface area (Å²) in [6.07, 6.45) is 1.43. The van der Waals surface area contributed by atoms with Crippen molar-refractivity contribution in [3.05, 3.63) is 0 Å². The summed E-state index contributed by atoms with van der Waals surface area (Å²) < 4.78 is 4.83. The molecule has 0 aliphatic heterocycles. The SMILES string of the molecule is CCCNC(=O)CCN.CCOCC. The van der Waals surface area contributed by atoms with Crippen LogP contribution in [-0.4, -0.2) is 32.2 Å². The van der Waals surface area contributed by atoms with Crippen LogP contribution >= 0.6 is 0 Å². The van der Waals surface area contributed by atoms with E-state index in [1.807, 2.05) is 20.8 Å². The van der Waals surface area contributed by atoms with Gasteiger partial charge in [0.25, 0.3) is 0 Å². The molecule has 0 aromatic carbocycles. The molecule has 14 heavy (non-hydrogen) atoms. The van der Waals surface area contributed by atoms with Gasteiger partial charge < -0.3 is 15.8 Å². The van der Waals surface area contributed by atoms with Crippen molar-refractivity contribution in [1.29, 1.82) is 0 Å². The van der Waals surface area contributed by atoms with Crippen LogP contribution in [0.15, 0.2) is 0 Å². The van der Waals surface area contributed by atoms with Gasteiger partial charge in [-0.2, -0.15) is 0 Å². The molecule has 0 bridgehead atoms. The lowest BCUT2D eigenvalue weighted by molar-refractivity contribution is -0.120. The molecule has 0 unspecified atom stereocenters. The van der Waals surface area contributed by atoms with Gasteiger partial charge in [0.2, 0.25) is 5.91 Å². The maximum Gasteiger partial charge on any atom is 0.221 e. The first-order valence-electron chi connectivity index (χ1n) is 5.27. The second-order valence-electron chi connectivity index (χ2n) is 2.67. The van der Waals surface area contributed by atoms with Crippen molar-refractivity contribution in [2.45, 2.75) is 33.6 Å². The second kappa shape index (κ2) is 14.9. The molecule has 0 rings (SSSR count). The fourth-order valence-corrected chi connectivity index (χ4v) is 0.688. The van der Waals surface area contributed by atoms with Crippen LogP contribution < -0.4 is 11.1 Å².